The molecule has 0 radical (unpaired) electrons. The third-order valence-corrected chi connectivity index (χ3v) is 7.12. The summed E-state index contributed by atoms with van der Waals surface area (Å²) in [6.07, 6.45) is 3.05. The Morgan fingerprint density at radius 2 is 1.73 bits per heavy atom. The first kappa shape index (κ1) is 21.9. The van der Waals surface area contributed by atoms with Crippen LogP contribution in [0.1, 0.15) is 30.5 Å². The number of rotatable bonds is 5. The Hall–Kier alpha value is -4.34. The van der Waals surface area contributed by atoms with Crippen LogP contribution >= 0.6 is 22.7 Å². The molecule has 0 aliphatic heterocycles. The summed E-state index contributed by atoms with van der Waals surface area (Å²) in [6.45, 7) is 18.3. The highest BCUT2D eigenvalue weighted by atomic mass is 32.1. The van der Waals surface area contributed by atoms with Crippen molar-refractivity contribution in [2.75, 3.05) is 0 Å². The monoisotopic (exact) mass is 465 g/mol. The van der Waals surface area contributed by atoms with E-state index in [-0.39, 0.29) is 17.4 Å². The van der Waals surface area contributed by atoms with E-state index in [1.54, 1.807) is 34.8 Å². The van der Waals surface area contributed by atoms with Crippen LogP contribution in [0.4, 0.5) is 0 Å². The van der Waals surface area contributed by atoms with E-state index >= 15 is 0 Å². The predicted molar refractivity (Wildman–Crippen MR) is 132 cm³/mol. The number of hydrogen-bond donors (Lipinski definition) is 0. The summed E-state index contributed by atoms with van der Waals surface area (Å²) >= 11 is 3.22. The smallest absolute Gasteiger partial charge is 0.265 e. The van der Waals surface area contributed by atoms with Crippen LogP contribution in [0.3, 0.4) is 0 Å². The molecule has 0 amide bonds. The first-order valence-corrected chi connectivity index (χ1v) is 11.4. The Kier molecular flexibility index (Phi) is 5.99. The fourth-order valence-electron chi connectivity index (χ4n) is 3.46. The second-order valence-electron chi connectivity index (χ2n) is 7.26. The van der Waals surface area contributed by atoms with Crippen LogP contribution in [0, 0.1) is 35.8 Å². The van der Waals surface area contributed by atoms with Crippen LogP contribution < -0.4 is 0 Å². The van der Waals surface area contributed by atoms with Crippen molar-refractivity contribution >= 4 is 45.0 Å². The number of aromatic nitrogens is 1. The van der Waals surface area contributed by atoms with Crippen molar-refractivity contribution in [3.8, 4) is 33.3 Å². The molecule has 0 atom stereocenters. The Morgan fingerprint density at radius 3 is 2.39 bits per heavy atom. The SMILES string of the molecule is [C-]#[N+]/C(C#N)=C\c1ccc(-c2cc3sc(-c4ccc(/C=C(\C#N)[N+]#[C-])s4)cc3n2C(C)C)o1. The van der Waals surface area contributed by atoms with E-state index in [2.05, 4.69) is 40.2 Å². The van der Waals surface area contributed by atoms with E-state index in [1.165, 1.54) is 6.08 Å². The van der Waals surface area contributed by atoms with Gasteiger partial charge in [-0.1, -0.05) is 0 Å². The molecule has 4 rings (SSSR count). The highest BCUT2D eigenvalue weighted by molar-refractivity contribution is 7.26. The number of furan rings is 1. The van der Waals surface area contributed by atoms with E-state index < -0.39 is 0 Å². The molecule has 4 aromatic rings. The molecule has 0 spiro atoms. The van der Waals surface area contributed by atoms with Gasteiger partial charge in [-0.2, -0.15) is 0 Å². The molecule has 0 N–H and O–H groups in total. The third-order valence-electron chi connectivity index (χ3n) is 4.82. The average molecular weight is 466 g/mol. The van der Waals surface area contributed by atoms with Crippen LogP contribution in [0.5, 0.6) is 0 Å². The molecule has 8 heteroatoms. The molecule has 0 fully saturated rings. The van der Waals surface area contributed by atoms with Gasteiger partial charge in [-0.25, -0.2) is 20.2 Å². The van der Waals surface area contributed by atoms with Gasteiger partial charge in [0, 0.05) is 20.7 Å². The van der Waals surface area contributed by atoms with E-state index in [9.17, 15) is 0 Å². The number of allylic oxidation sites excluding steroid dienone is 2. The van der Waals surface area contributed by atoms with Crippen molar-refractivity contribution in [3.05, 3.63) is 81.3 Å². The Balaban J connectivity index is 1.74. The fraction of sp³-hybridized carbons (Fsp3) is 0.120. The molecule has 0 saturated heterocycles. The molecular weight excluding hydrogens is 450 g/mol. The number of nitrogens with zero attached hydrogens (tertiary/aromatic N) is 5. The third kappa shape index (κ3) is 4.22. The van der Waals surface area contributed by atoms with Gasteiger partial charge in [-0.05, 0) is 62.4 Å². The van der Waals surface area contributed by atoms with Crippen LogP contribution in [0.15, 0.2) is 52.2 Å². The lowest BCUT2D eigenvalue weighted by Crippen LogP contribution is -2.01. The lowest BCUT2D eigenvalue weighted by Gasteiger charge is -2.12. The zero-order valence-electron chi connectivity index (χ0n) is 17.7. The topological polar surface area (TPSA) is 74.4 Å². The summed E-state index contributed by atoms with van der Waals surface area (Å²) in [5.41, 5.74) is 2.08. The maximum absolute atomic E-state index is 8.98. The van der Waals surface area contributed by atoms with Gasteiger partial charge in [-0.15, -0.1) is 22.7 Å². The Labute approximate surface area is 198 Å². The Morgan fingerprint density at radius 1 is 1.00 bits per heavy atom. The molecule has 4 heterocycles. The van der Waals surface area contributed by atoms with Gasteiger partial charge in [0.15, 0.2) is 5.76 Å². The van der Waals surface area contributed by atoms with Crippen molar-refractivity contribution in [3.63, 3.8) is 0 Å². The molecule has 0 aromatic carbocycles. The summed E-state index contributed by atoms with van der Waals surface area (Å²) < 4.78 is 9.26. The molecule has 0 saturated carbocycles. The van der Waals surface area contributed by atoms with Crippen molar-refractivity contribution in [1.29, 1.82) is 10.5 Å². The van der Waals surface area contributed by atoms with Crippen molar-refractivity contribution in [2.45, 2.75) is 19.9 Å². The van der Waals surface area contributed by atoms with E-state index in [0.29, 0.717) is 11.5 Å². The maximum Gasteiger partial charge on any atom is 0.265 e. The number of nitriles is 2. The van der Waals surface area contributed by atoms with Crippen LogP contribution in [-0.2, 0) is 0 Å². The molecule has 6 nitrogen and oxygen atoms in total. The van der Waals surface area contributed by atoms with Gasteiger partial charge in [-0.3, -0.25) is 0 Å². The molecule has 4 aromatic heterocycles. The van der Waals surface area contributed by atoms with Gasteiger partial charge in [0.1, 0.15) is 5.76 Å². The fourth-order valence-corrected chi connectivity index (χ4v) is 5.57. The number of fused-ring (bicyclic) bond motifs is 1. The number of thiophene rings is 2. The normalized spacial score (nSPS) is 11.8. The Bertz CT molecular complexity index is 1560. The molecule has 0 bridgehead atoms. The first-order valence-electron chi connectivity index (χ1n) is 9.81. The summed E-state index contributed by atoms with van der Waals surface area (Å²) in [7, 11) is 0. The maximum atomic E-state index is 8.98. The molecule has 0 unspecified atom stereocenters. The summed E-state index contributed by atoms with van der Waals surface area (Å²) in [6, 6.07) is 15.7. The zero-order valence-corrected chi connectivity index (χ0v) is 19.3. The van der Waals surface area contributed by atoms with Crippen molar-refractivity contribution in [1.82, 2.24) is 4.57 Å². The molecular formula is C25H15N5OS2. The number of hydrogen-bond acceptors (Lipinski definition) is 5. The second kappa shape index (κ2) is 9.03. The minimum absolute atomic E-state index is 0.0239. The van der Waals surface area contributed by atoms with Crippen LogP contribution in [-0.4, -0.2) is 4.57 Å². The summed E-state index contributed by atoms with van der Waals surface area (Å²) in [5.74, 6) is 1.14. The quantitative estimate of drug-likeness (QED) is 0.222. The zero-order chi connectivity index (χ0) is 23.5. The van der Waals surface area contributed by atoms with Crippen molar-refractivity contribution < 1.29 is 4.42 Å². The summed E-state index contributed by atoms with van der Waals surface area (Å²) in [4.78, 5) is 9.46. The minimum atomic E-state index is -0.0239. The lowest BCUT2D eigenvalue weighted by molar-refractivity contribution is 0.553. The average Bonchev–Trinajstić information content (AvgIpc) is 3.58. The molecule has 0 aliphatic carbocycles. The van der Waals surface area contributed by atoms with Crippen molar-refractivity contribution in [2.24, 2.45) is 0 Å². The first-order chi connectivity index (χ1) is 16.0. The van der Waals surface area contributed by atoms with Crippen LogP contribution in [0.25, 0.3) is 53.3 Å². The standard InChI is InChI=1S/C25H15N5OS2/c1-15(2)30-20(22-7-5-18(31-22)9-16(13-26)28-3)11-24-21(30)12-25(33-24)23-8-6-19(32-23)10-17(14-27)29-4/h5-12,15H,1-2H3/b16-9-,17-10+. The van der Waals surface area contributed by atoms with Gasteiger partial charge in [0.05, 0.1) is 41.2 Å². The molecule has 158 valence electrons. The van der Waals surface area contributed by atoms with E-state index in [1.807, 2.05) is 30.3 Å². The molecule has 33 heavy (non-hydrogen) atoms. The van der Waals surface area contributed by atoms with Gasteiger partial charge < -0.3 is 8.98 Å². The van der Waals surface area contributed by atoms with Gasteiger partial charge in [0.2, 0.25) is 0 Å². The van der Waals surface area contributed by atoms with Gasteiger partial charge >= 0.3 is 0 Å². The van der Waals surface area contributed by atoms with E-state index in [0.717, 1.165) is 30.5 Å². The largest absolute Gasteiger partial charge is 0.456 e. The highest BCUT2D eigenvalue weighted by Crippen LogP contribution is 2.42. The minimum Gasteiger partial charge on any atom is -0.456 e. The predicted octanol–water partition coefficient (Wildman–Crippen LogP) is 7.84. The highest BCUT2D eigenvalue weighted by Gasteiger charge is 2.19. The molecule has 0 aliphatic rings. The lowest BCUT2D eigenvalue weighted by atomic mass is 10.3. The summed E-state index contributed by atoms with van der Waals surface area (Å²) in [5, 5.41) is 18.0. The second-order valence-corrected chi connectivity index (χ2v) is 9.46. The van der Waals surface area contributed by atoms with E-state index in [4.69, 9.17) is 28.1 Å². The van der Waals surface area contributed by atoms with Crippen LogP contribution in [0.2, 0.25) is 0 Å². The van der Waals surface area contributed by atoms with Gasteiger partial charge in [0.25, 0.3) is 11.4 Å².